The van der Waals surface area contributed by atoms with E-state index in [2.05, 4.69) is 6.58 Å². The first-order valence-electron chi connectivity index (χ1n) is 7.03. The van der Waals surface area contributed by atoms with Crippen LogP contribution in [0.25, 0.3) is 0 Å². The van der Waals surface area contributed by atoms with E-state index in [1.165, 1.54) is 6.08 Å². The van der Waals surface area contributed by atoms with Crippen molar-refractivity contribution in [1.82, 2.24) is 0 Å². The van der Waals surface area contributed by atoms with Crippen LogP contribution in [0.2, 0.25) is 0 Å². The lowest BCUT2D eigenvalue weighted by atomic mass is 9.71. The Labute approximate surface area is 125 Å². The van der Waals surface area contributed by atoms with Gasteiger partial charge in [-0.25, -0.2) is 0 Å². The third-order valence-electron chi connectivity index (χ3n) is 3.38. The van der Waals surface area contributed by atoms with Gasteiger partial charge < -0.3 is 14.6 Å². The number of esters is 2. The Morgan fingerprint density at radius 1 is 1.19 bits per heavy atom. The quantitative estimate of drug-likeness (QED) is 0.378. The van der Waals surface area contributed by atoms with Crippen LogP contribution in [-0.4, -0.2) is 36.2 Å². The highest BCUT2D eigenvalue weighted by atomic mass is 16.6. The van der Waals surface area contributed by atoms with E-state index in [1.54, 1.807) is 20.8 Å². The van der Waals surface area contributed by atoms with Crippen molar-refractivity contribution in [3.8, 4) is 0 Å². The van der Waals surface area contributed by atoms with Gasteiger partial charge >= 0.3 is 17.9 Å². The molecule has 0 saturated heterocycles. The highest BCUT2D eigenvalue weighted by molar-refractivity contribution is 6.00. The Kier molecular flexibility index (Phi) is 8.35. The molecule has 0 aliphatic heterocycles. The lowest BCUT2D eigenvalue weighted by Gasteiger charge is -2.33. The number of carbonyl (C=O) groups excluding carboxylic acids is 2. The summed E-state index contributed by atoms with van der Waals surface area (Å²) in [6.07, 6.45) is 1.52. The Balaban J connectivity index is 5.53. The summed E-state index contributed by atoms with van der Waals surface area (Å²) in [5.74, 6) is -2.91. The lowest BCUT2D eigenvalue weighted by Crippen LogP contribution is -2.47. The van der Waals surface area contributed by atoms with Gasteiger partial charge in [-0.15, -0.1) is 6.58 Å². The minimum absolute atomic E-state index is 0.0471. The first-order valence-corrected chi connectivity index (χ1v) is 7.03. The Hall–Kier alpha value is -1.85. The molecule has 0 aliphatic rings. The molecule has 21 heavy (non-hydrogen) atoms. The molecule has 120 valence electrons. The summed E-state index contributed by atoms with van der Waals surface area (Å²) in [6, 6.07) is 0. The van der Waals surface area contributed by atoms with E-state index in [-0.39, 0.29) is 32.5 Å². The van der Waals surface area contributed by atoms with E-state index in [0.29, 0.717) is 0 Å². The van der Waals surface area contributed by atoms with Crippen LogP contribution in [0.15, 0.2) is 12.7 Å². The number of carboxylic acid groups (broad SMARTS) is 1. The molecule has 0 aromatic heterocycles. The third-order valence-corrected chi connectivity index (χ3v) is 3.38. The first-order chi connectivity index (χ1) is 9.86. The van der Waals surface area contributed by atoms with E-state index >= 15 is 0 Å². The van der Waals surface area contributed by atoms with Gasteiger partial charge in [0.05, 0.1) is 13.2 Å². The molecule has 6 nitrogen and oxygen atoms in total. The largest absolute Gasteiger partial charge is 0.481 e. The van der Waals surface area contributed by atoms with Crippen molar-refractivity contribution in [2.45, 2.75) is 40.0 Å². The van der Waals surface area contributed by atoms with Crippen molar-refractivity contribution in [3.63, 3.8) is 0 Å². The van der Waals surface area contributed by atoms with Gasteiger partial charge in [-0.2, -0.15) is 0 Å². The van der Waals surface area contributed by atoms with Crippen molar-refractivity contribution in [2.75, 3.05) is 13.2 Å². The summed E-state index contributed by atoms with van der Waals surface area (Å²) in [5, 5.41) is 8.79. The van der Waals surface area contributed by atoms with Gasteiger partial charge in [0, 0.05) is 6.42 Å². The summed E-state index contributed by atoms with van der Waals surface area (Å²) >= 11 is 0. The molecule has 0 aromatic rings. The van der Waals surface area contributed by atoms with Gasteiger partial charge in [0.1, 0.15) is 0 Å². The molecule has 0 aromatic carbocycles. The zero-order chi connectivity index (χ0) is 16.5. The van der Waals surface area contributed by atoms with Crippen LogP contribution in [0.5, 0.6) is 0 Å². The number of aliphatic carboxylic acids is 1. The highest BCUT2D eigenvalue weighted by Gasteiger charge is 2.52. The fourth-order valence-electron chi connectivity index (χ4n) is 2.19. The monoisotopic (exact) mass is 300 g/mol. The van der Waals surface area contributed by atoms with Crippen molar-refractivity contribution in [1.29, 1.82) is 0 Å². The first kappa shape index (κ1) is 19.1. The predicted octanol–water partition coefficient (Wildman–Crippen LogP) is 2.18. The average Bonchev–Trinajstić information content (AvgIpc) is 2.42. The number of hydrogen-bond acceptors (Lipinski definition) is 5. The predicted molar refractivity (Wildman–Crippen MR) is 76.5 cm³/mol. The van der Waals surface area contributed by atoms with Gasteiger partial charge in [-0.1, -0.05) is 13.0 Å². The maximum atomic E-state index is 12.3. The third kappa shape index (κ3) is 4.88. The van der Waals surface area contributed by atoms with Gasteiger partial charge in [-0.05, 0) is 32.6 Å². The van der Waals surface area contributed by atoms with E-state index in [1.807, 2.05) is 0 Å². The minimum Gasteiger partial charge on any atom is -0.481 e. The van der Waals surface area contributed by atoms with Crippen molar-refractivity contribution >= 4 is 17.9 Å². The number of rotatable bonds is 10. The highest BCUT2D eigenvalue weighted by Crippen LogP contribution is 2.38. The Morgan fingerprint density at radius 3 is 2.00 bits per heavy atom. The zero-order valence-corrected chi connectivity index (χ0v) is 12.9. The standard InChI is InChI=1S/C15H24O6/c1-5-10-15(13(18)20-6-2,14(19)21-7-3)11(4)8-9-12(16)17/h5,11H,1,6-10H2,2-4H3,(H,16,17). The van der Waals surface area contributed by atoms with Crippen molar-refractivity contribution in [2.24, 2.45) is 11.3 Å². The van der Waals surface area contributed by atoms with Crippen molar-refractivity contribution in [3.05, 3.63) is 12.7 Å². The molecule has 1 unspecified atom stereocenters. The lowest BCUT2D eigenvalue weighted by molar-refractivity contribution is -0.177. The normalized spacial score (nSPS) is 12.3. The second-order valence-corrected chi connectivity index (χ2v) is 4.74. The molecule has 0 amide bonds. The number of carboxylic acids is 1. The molecular weight excluding hydrogens is 276 g/mol. The SMILES string of the molecule is C=CCC(C(=O)OCC)(C(=O)OCC)C(C)CCC(=O)O. The minimum atomic E-state index is -1.54. The fourth-order valence-corrected chi connectivity index (χ4v) is 2.19. The molecule has 1 N–H and O–H groups in total. The number of allylic oxidation sites excluding steroid dienone is 1. The average molecular weight is 300 g/mol. The second kappa shape index (κ2) is 9.15. The molecule has 0 radical (unpaired) electrons. The molecule has 0 aliphatic carbocycles. The van der Waals surface area contributed by atoms with Crippen LogP contribution >= 0.6 is 0 Å². The van der Waals surface area contributed by atoms with Crippen LogP contribution in [-0.2, 0) is 23.9 Å². The van der Waals surface area contributed by atoms with Crippen LogP contribution in [0, 0.1) is 11.3 Å². The molecular formula is C15H24O6. The van der Waals surface area contributed by atoms with E-state index in [4.69, 9.17) is 14.6 Å². The van der Waals surface area contributed by atoms with Crippen LogP contribution in [0.3, 0.4) is 0 Å². The van der Waals surface area contributed by atoms with Crippen LogP contribution < -0.4 is 0 Å². The number of hydrogen-bond donors (Lipinski definition) is 1. The maximum absolute atomic E-state index is 12.3. The van der Waals surface area contributed by atoms with Crippen LogP contribution in [0.4, 0.5) is 0 Å². The van der Waals surface area contributed by atoms with Crippen LogP contribution in [0.1, 0.15) is 40.0 Å². The molecule has 0 rings (SSSR count). The van der Waals surface area contributed by atoms with E-state index in [9.17, 15) is 14.4 Å². The van der Waals surface area contributed by atoms with Gasteiger partial charge in [0.2, 0.25) is 0 Å². The Morgan fingerprint density at radius 2 is 1.67 bits per heavy atom. The summed E-state index contributed by atoms with van der Waals surface area (Å²) in [5.41, 5.74) is -1.54. The number of ether oxygens (including phenoxy) is 2. The molecule has 0 fully saturated rings. The summed E-state index contributed by atoms with van der Waals surface area (Å²) in [6.45, 7) is 8.77. The zero-order valence-electron chi connectivity index (χ0n) is 12.9. The molecule has 1 atom stereocenters. The topological polar surface area (TPSA) is 89.9 Å². The summed E-state index contributed by atoms with van der Waals surface area (Å²) in [4.78, 5) is 35.4. The summed E-state index contributed by atoms with van der Waals surface area (Å²) < 4.78 is 10.0. The maximum Gasteiger partial charge on any atom is 0.324 e. The Bertz CT molecular complexity index is 370. The molecule has 0 bridgehead atoms. The molecule has 0 saturated carbocycles. The smallest absolute Gasteiger partial charge is 0.324 e. The molecule has 0 spiro atoms. The van der Waals surface area contributed by atoms with Crippen molar-refractivity contribution < 1.29 is 29.0 Å². The van der Waals surface area contributed by atoms with E-state index in [0.717, 1.165) is 0 Å². The van der Waals surface area contributed by atoms with Gasteiger partial charge in [0.15, 0.2) is 5.41 Å². The van der Waals surface area contributed by atoms with E-state index < -0.39 is 29.2 Å². The number of carbonyl (C=O) groups is 3. The van der Waals surface area contributed by atoms with Gasteiger partial charge in [0.25, 0.3) is 0 Å². The molecule has 6 heteroatoms. The van der Waals surface area contributed by atoms with Gasteiger partial charge in [-0.3, -0.25) is 14.4 Å². The fraction of sp³-hybridized carbons (Fsp3) is 0.667. The summed E-state index contributed by atoms with van der Waals surface area (Å²) in [7, 11) is 0. The molecule has 0 heterocycles. The second-order valence-electron chi connectivity index (χ2n) is 4.74.